The number of nitrogens with zero attached hydrogens (tertiary/aromatic N) is 2. The minimum absolute atomic E-state index is 0.266. The molecule has 1 aliphatic heterocycles. The molecule has 0 atom stereocenters. The van der Waals surface area contributed by atoms with Gasteiger partial charge in [-0.1, -0.05) is 6.42 Å². The fourth-order valence-electron chi connectivity index (χ4n) is 2.42. The van der Waals surface area contributed by atoms with E-state index in [-0.39, 0.29) is 11.7 Å². The van der Waals surface area contributed by atoms with Crippen LogP contribution in [0.4, 0.5) is 0 Å². The summed E-state index contributed by atoms with van der Waals surface area (Å²) in [6.07, 6.45) is 5.35. The molecule has 6 nitrogen and oxygen atoms in total. The first-order valence-electron chi connectivity index (χ1n) is 7.30. The van der Waals surface area contributed by atoms with Gasteiger partial charge in [0.15, 0.2) is 9.84 Å². The van der Waals surface area contributed by atoms with Crippen LogP contribution in [-0.4, -0.2) is 75.4 Å². The third-order valence-corrected chi connectivity index (χ3v) is 4.28. The molecule has 0 saturated carbocycles. The maximum atomic E-state index is 11.9. The summed E-state index contributed by atoms with van der Waals surface area (Å²) in [4.78, 5) is 15.9. The molecule has 2 N–H and O–H groups in total. The van der Waals surface area contributed by atoms with Crippen molar-refractivity contribution < 1.29 is 13.2 Å². The summed E-state index contributed by atoms with van der Waals surface area (Å²) in [6, 6.07) is 0. The zero-order chi connectivity index (χ0) is 15.0. The van der Waals surface area contributed by atoms with Crippen LogP contribution in [0.5, 0.6) is 0 Å². The Hall–Kier alpha value is -0.660. The van der Waals surface area contributed by atoms with Gasteiger partial charge in [0, 0.05) is 25.9 Å². The highest BCUT2D eigenvalue weighted by molar-refractivity contribution is 7.91. The highest BCUT2D eigenvalue weighted by Gasteiger charge is 2.21. The highest BCUT2D eigenvalue weighted by atomic mass is 32.2. The van der Waals surface area contributed by atoms with Crippen molar-refractivity contribution >= 4 is 15.7 Å². The first kappa shape index (κ1) is 17.4. The highest BCUT2D eigenvalue weighted by Crippen LogP contribution is 2.06. The second-order valence-corrected chi connectivity index (χ2v) is 7.64. The Bertz CT molecular complexity index is 398. The lowest BCUT2D eigenvalue weighted by Crippen LogP contribution is -2.38. The maximum absolute atomic E-state index is 11.9. The smallest absolute Gasteiger partial charge is 0.237 e. The average Bonchev–Trinajstić information content (AvgIpc) is 2.58. The van der Waals surface area contributed by atoms with Crippen LogP contribution in [0.1, 0.15) is 25.7 Å². The number of amides is 1. The van der Waals surface area contributed by atoms with E-state index in [2.05, 4.69) is 4.90 Å². The molecule has 1 rings (SSSR count). The summed E-state index contributed by atoms with van der Waals surface area (Å²) in [5, 5.41) is 0. The fraction of sp³-hybridized carbons (Fsp3) is 0.923. The molecule has 7 heteroatoms. The third kappa shape index (κ3) is 7.21. The maximum Gasteiger partial charge on any atom is 0.237 e. The summed E-state index contributed by atoms with van der Waals surface area (Å²) in [7, 11) is -3.24. The van der Waals surface area contributed by atoms with Gasteiger partial charge in [-0.3, -0.25) is 4.79 Å². The zero-order valence-corrected chi connectivity index (χ0v) is 13.2. The van der Waals surface area contributed by atoms with E-state index in [9.17, 15) is 13.2 Å². The molecule has 0 spiro atoms. The van der Waals surface area contributed by atoms with Crippen LogP contribution in [0.2, 0.25) is 0 Å². The van der Waals surface area contributed by atoms with Gasteiger partial charge in [-0.05, 0) is 38.9 Å². The number of hydrogen-bond donors (Lipinski definition) is 1. The number of unbranched alkanes of at least 4 members (excludes halogenated alkanes) is 2. The molecule has 0 aromatic carbocycles. The van der Waals surface area contributed by atoms with E-state index in [1.54, 1.807) is 4.90 Å². The van der Waals surface area contributed by atoms with Crippen molar-refractivity contribution in [2.24, 2.45) is 5.73 Å². The third-order valence-electron chi connectivity index (χ3n) is 3.51. The average molecular weight is 305 g/mol. The Morgan fingerprint density at radius 3 is 2.50 bits per heavy atom. The molecule has 0 aromatic rings. The molecule has 1 fully saturated rings. The molecular formula is C13H27N3O3S. The summed E-state index contributed by atoms with van der Waals surface area (Å²) in [5.74, 6) is -0.638. The van der Waals surface area contributed by atoms with Gasteiger partial charge in [-0.2, -0.15) is 0 Å². The fourth-order valence-corrected chi connectivity index (χ4v) is 3.05. The van der Waals surface area contributed by atoms with Gasteiger partial charge >= 0.3 is 0 Å². The lowest BCUT2D eigenvalue weighted by molar-refractivity contribution is -0.128. The van der Waals surface area contributed by atoms with Crippen LogP contribution in [0, 0.1) is 0 Å². The molecular weight excluding hydrogens is 278 g/mol. The summed E-state index contributed by atoms with van der Waals surface area (Å²) >= 11 is 0. The minimum atomic E-state index is -3.24. The van der Waals surface area contributed by atoms with E-state index < -0.39 is 9.84 Å². The lowest BCUT2D eigenvalue weighted by Gasteiger charge is -2.21. The molecule has 0 unspecified atom stereocenters. The molecule has 0 radical (unpaired) electrons. The number of nitrogens with two attached hydrogens (primary N) is 1. The van der Waals surface area contributed by atoms with Crippen molar-refractivity contribution in [1.82, 2.24) is 9.80 Å². The SMILES string of the molecule is CS(=O)(=O)CC(=O)N1CCCN(CCCCCN)CC1. The van der Waals surface area contributed by atoms with Crippen LogP contribution < -0.4 is 5.73 Å². The second kappa shape index (κ2) is 8.59. The molecule has 0 aromatic heterocycles. The van der Waals surface area contributed by atoms with Gasteiger partial charge in [0.25, 0.3) is 0 Å². The largest absolute Gasteiger partial charge is 0.340 e. The first-order valence-corrected chi connectivity index (χ1v) is 9.36. The van der Waals surface area contributed by atoms with Crippen molar-refractivity contribution in [2.45, 2.75) is 25.7 Å². The Balaban J connectivity index is 2.33. The quantitative estimate of drug-likeness (QED) is 0.653. The molecule has 0 aliphatic carbocycles. The Morgan fingerprint density at radius 2 is 1.85 bits per heavy atom. The summed E-state index contributed by atoms with van der Waals surface area (Å²) in [6.45, 7) is 4.88. The topological polar surface area (TPSA) is 83.7 Å². The normalized spacial score (nSPS) is 18.0. The van der Waals surface area contributed by atoms with Gasteiger partial charge in [0.05, 0.1) is 0 Å². The molecule has 1 saturated heterocycles. The Kier molecular flexibility index (Phi) is 7.47. The van der Waals surface area contributed by atoms with E-state index in [0.29, 0.717) is 13.1 Å². The molecule has 0 bridgehead atoms. The van der Waals surface area contributed by atoms with Gasteiger partial charge in [0.1, 0.15) is 5.75 Å². The van der Waals surface area contributed by atoms with E-state index >= 15 is 0 Å². The van der Waals surface area contributed by atoms with E-state index in [0.717, 1.165) is 58.1 Å². The Morgan fingerprint density at radius 1 is 1.10 bits per heavy atom. The van der Waals surface area contributed by atoms with Crippen molar-refractivity contribution in [3.05, 3.63) is 0 Å². The van der Waals surface area contributed by atoms with Crippen LogP contribution in [0.25, 0.3) is 0 Å². The molecule has 1 aliphatic rings. The van der Waals surface area contributed by atoms with E-state index in [4.69, 9.17) is 5.73 Å². The van der Waals surface area contributed by atoms with Crippen LogP contribution in [-0.2, 0) is 14.6 Å². The van der Waals surface area contributed by atoms with Crippen LogP contribution >= 0.6 is 0 Å². The summed E-state index contributed by atoms with van der Waals surface area (Å²) in [5.41, 5.74) is 5.47. The molecule has 20 heavy (non-hydrogen) atoms. The standard InChI is InChI=1S/C13H27N3O3S/c1-20(18,19)12-13(17)16-9-5-8-15(10-11-16)7-4-2-3-6-14/h2-12,14H2,1H3. The van der Waals surface area contributed by atoms with Gasteiger partial charge < -0.3 is 15.5 Å². The van der Waals surface area contributed by atoms with Gasteiger partial charge in [0.2, 0.25) is 5.91 Å². The summed E-state index contributed by atoms with van der Waals surface area (Å²) < 4.78 is 22.3. The number of carbonyl (C=O) groups is 1. The van der Waals surface area contributed by atoms with Crippen LogP contribution in [0.15, 0.2) is 0 Å². The lowest BCUT2D eigenvalue weighted by atomic mass is 10.2. The van der Waals surface area contributed by atoms with E-state index in [1.165, 1.54) is 0 Å². The number of rotatable bonds is 7. The van der Waals surface area contributed by atoms with Crippen molar-refractivity contribution in [2.75, 3.05) is 51.3 Å². The minimum Gasteiger partial charge on any atom is -0.340 e. The van der Waals surface area contributed by atoms with E-state index in [1.807, 2.05) is 0 Å². The zero-order valence-electron chi connectivity index (χ0n) is 12.4. The number of carbonyl (C=O) groups excluding carboxylic acids is 1. The van der Waals surface area contributed by atoms with Crippen molar-refractivity contribution in [3.63, 3.8) is 0 Å². The predicted molar refractivity (Wildman–Crippen MR) is 80.3 cm³/mol. The van der Waals surface area contributed by atoms with Gasteiger partial charge in [-0.15, -0.1) is 0 Å². The van der Waals surface area contributed by atoms with Crippen molar-refractivity contribution in [1.29, 1.82) is 0 Å². The second-order valence-electron chi connectivity index (χ2n) is 5.50. The van der Waals surface area contributed by atoms with Gasteiger partial charge in [-0.25, -0.2) is 8.42 Å². The monoisotopic (exact) mass is 305 g/mol. The van der Waals surface area contributed by atoms with Crippen molar-refractivity contribution in [3.8, 4) is 0 Å². The Labute approximate surface area is 122 Å². The predicted octanol–water partition coefficient (Wildman–Crippen LogP) is -0.306. The number of hydrogen-bond acceptors (Lipinski definition) is 5. The number of sulfone groups is 1. The molecule has 118 valence electrons. The van der Waals surface area contributed by atoms with Crippen LogP contribution in [0.3, 0.4) is 0 Å². The first-order chi connectivity index (χ1) is 9.42. The molecule has 1 heterocycles. The molecule has 1 amide bonds.